The van der Waals surface area contributed by atoms with Crippen LogP contribution in [0.2, 0.25) is 0 Å². The summed E-state index contributed by atoms with van der Waals surface area (Å²) in [5.74, 6) is -0.232. The summed E-state index contributed by atoms with van der Waals surface area (Å²) in [7, 11) is 0. The number of aryl methyl sites for hydroxylation is 2. The smallest absolute Gasteiger partial charge is 0.337 e. The predicted octanol–water partition coefficient (Wildman–Crippen LogP) is 2.33. The van der Waals surface area contributed by atoms with Crippen molar-refractivity contribution in [3.05, 3.63) is 52.3 Å². The van der Waals surface area contributed by atoms with Crippen LogP contribution in [0.1, 0.15) is 5.69 Å². The van der Waals surface area contributed by atoms with Crippen molar-refractivity contribution in [2.75, 3.05) is 0 Å². The van der Waals surface area contributed by atoms with Gasteiger partial charge in [-0.2, -0.15) is 4.98 Å². The number of hydrogen-bond acceptors (Lipinski definition) is 2. The van der Waals surface area contributed by atoms with Gasteiger partial charge < -0.3 is 4.57 Å². The van der Waals surface area contributed by atoms with Crippen LogP contribution in [-0.4, -0.2) is 14.1 Å². The van der Waals surface area contributed by atoms with Crippen molar-refractivity contribution in [1.29, 1.82) is 0 Å². The van der Waals surface area contributed by atoms with E-state index < -0.39 is 0 Å². The summed E-state index contributed by atoms with van der Waals surface area (Å²) in [5, 5.41) is 0.595. The van der Waals surface area contributed by atoms with E-state index in [-0.39, 0.29) is 11.5 Å². The highest BCUT2D eigenvalue weighted by molar-refractivity contribution is 5.87. The normalized spacial score (nSPS) is 13.3. The molecule has 0 fully saturated rings. The molecule has 4 rings (SSSR count). The molecule has 0 bridgehead atoms. The first-order valence-electron chi connectivity index (χ1n) is 6.52. The zero-order valence-electron chi connectivity index (χ0n) is 10.9. The minimum Gasteiger partial charge on any atom is -0.337 e. The first-order valence-corrected chi connectivity index (χ1v) is 6.52. The van der Waals surface area contributed by atoms with Gasteiger partial charge in [-0.1, -0.05) is 6.07 Å². The molecule has 100 valence electrons. The fourth-order valence-electron chi connectivity index (χ4n) is 2.95. The SMILES string of the molecule is Cc1cc2n(c(=O)n1)CCn1c-2cc2c(F)cccc21. The van der Waals surface area contributed by atoms with E-state index in [2.05, 4.69) is 9.55 Å². The maximum absolute atomic E-state index is 13.9. The average Bonchev–Trinajstić information content (AvgIpc) is 2.79. The van der Waals surface area contributed by atoms with E-state index in [1.54, 1.807) is 17.6 Å². The van der Waals surface area contributed by atoms with E-state index >= 15 is 0 Å². The van der Waals surface area contributed by atoms with E-state index in [0.717, 1.165) is 16.9 Å². The van der Waals surface area contributed by atoms with Crippen molar-refractivity contribution in [3.8, 4) is 11.4 Å². The van der Waals surface area contributed by atoms with E-state index in [1.165, 1.54) is 6.07 Å². The molecule has 2 aromatic heterocycles. The Labute approximate surface area is 114 Å². The molecular weight excluding hydrogens is 257 g/mol. The Bertz CT molecular complexity index is 907. The van der Waals surface area contributed by atoms with Crippen LogP contribution in [0.15, 0.2) is 35.1 Å². The van der Waals surface area contributed by atoms with Crippen LogP contribution < -0.4 is 5.69 Å². The molecule has 0 N–H and O–H groups in total. The van der Waals surface area contributed by atoms with Crippen LogP contribution in [0.4, 0.5) is 4.39 Å². The maximum Gasteiger partial charge on any atom is 0.348 e. The summed E-state index contributed by atoms with van der Waals surface area (Å²) >= 11 is 0. The summed E-state index contributed by atoms with van der Waals surface area (Å²) < 4.78 is 17.6. The van der Waals surface area contributed by atoms with Crippen LogP contribution in [0.5, 0.6) is 0 Å². The van der Waals surface area contributed by atoms with Gasteiger partial charge in [-0.15, -0.1) is 0 Å². The Morgan fingerprint density at radius 2 is 1.90 bits per heavy atom. The molecule has 1 aliphatic rings. The lowest BCUT2D eigenvalue weighted by Gasteiger charge is -2.21. The predicted molar refractivity (Wildman–Crippen MR) is 74.1 cm³/mol. The number of benzene rings is 1. The van der Waals surface area contributed by atoms with Gasteiger partial charge in [-0.3, -0.25) is 4.57 Å². The number of nitrogens with zero attached hydrogens (tertiary/aromatic N) is 3. The van der Waals surface area contributed by atoms with E-state index in [1.807, 2.05) is 18.2 Å². The third kappa shape index (κ3) is 1.40. The Balaban J connectivity index is 2.13. The molecule has 0 unspecified atom stereocenters. The minimum atomic E-state index is -0.239. The van der Waals surface area contributed by atoms with Gasteiger partial charge in [0.1, 0.15) is 5.82 Å². The topological polar surface area (TPSA) is 39.8 Å². The molecule has 0 radical (unpaired) electrons. The van der Waals surface area contributed by atoms with Crippen molar-refractivity contribution < 1.29 is 4.39 Å². The number of aromatic nitrogens is 3. The van der Waals surface area contributed by atoms with Gasteiger partial charge >= 0.3 is 5.69 Å². The number of rotatable bonds is 0. The zero-order valence-corrected chi connectivity index (χ0v) is 10.9. The second-order valence-electron chi connectivity index (χ2n) is 5.07. The molecule has 0 atom stereocenters. The van der Waals surface area contributed by atoms with Crippen molar-refractivity contribution in [3.63, 3.8) is 0 Å². The van der Waals surface area contributed by atoms with Crippen LogP contribution in [0, 0.1) is 12.7 Å². The highest BCUT2D eigenvalue weighted by Crippen LogP contribution is 2.31. The second kappa shape index (κ2) is 3.79. The van der Waals surface area contributed by atoms with Gasteiger partial charge in [0.2, 0.25) is 0 Å². The lowest BCUT2D eigenvalue weighted by molar-refractivity contribution is 0.543. The van der Waals surface area contributed by atoms with Crippen LogP contribution in [0.3, 0.4) is 0 Å². The summed E-state index contributed by atoms with van der Waals surface area (Å²) in [6.07, 6.45) is 0. The van der Waals surface area contributed by atoms with E-state index in [4.69, 9.17) is 0 Å². The van der Waals surface area contributed by atoms with Crippen molar-refractivity contribution >= 4 is 10.9 Å². The van der Waals surface area contributed by atoms with E-state index in [9.17, 15) is 9.18 Å². The van der Waals surface area contributed by atoms with Gasteiger partial charge in [-0.05, 0) is 31.2 Å². The molecule has 0 saturated carbocycles. The van der Waals surface area contributed by atoms with E-state index in [0.29, 0.717) is 24.2 Å². The molecule has 4 nitrogen and oxygen atoms in total. The largest absolute Gasteiger partial charge is 0.348 e. The molecule has 20 heavy (non-hydrogen) atoms. The van der Waals surface area contributed by atoms with Crippen molar-refractivity contribution in [2.24, 2.45) is 0 Å². The zero-order chi connectivity index (χ0) is 13.9. The number of hydrogen-bond donors (Lipinski definition) is 0. The first-order chi connectivity index (χ1) is 9.65. The van der Waals surface area contributed by atoms with Gasteiger partial charge in [0, 0.05) is 24.2 Å². The number of halogens is 1. The van der Waals surface area contributed by atoms with Crippen molar-refractivity contribution in [1.82, 2.24) is 14.1 Å². The molecule has 0 aliphatic carbocycles. The van der Waals surface area contributed by atoms with Crippen LogP contribution >= 0.6 is 0 Å². The monoisotopic (exact) mass is 269 g/mol. The lowest BCUT2D eigenvalue weighted by atomic mass is 10.2. The summed E-state index contributed by atoms with van der Waals surface area (Å²) in [5.41, 5.74) is 2.99. The third-order valence-electron chi connectivity index (χ3n) is 3.84. The molecule has 0 spiro atoms. The molecular formula is C15H12FN3O. The second-order valence-corrected chi connectivity index (χ2v) is 5.07. The van der Waals surface area contributed by atoms with Crippen LogP contribution in [0.25, 0.3) is 22.3 Å². The molecule has 1 aliphatic heterocycles. The molecule has 0 saturated heterocycles. The summed E-state index contributed by atoms with van der Waals surface area (Å²) in [4.78, 5) is 15.9. The Morgan fingerprint density at radius 3 is 2.75 bits per heavy atom. The maximum atomic E-state index is 13.9. The Hall–Kier alpha value is -2.43. The van der Waals surface area contributed by atoms with Gasteiger partial charge in [0.25, 0.3) is 0 Å². The molecule has 5 heteroatoms. The van der Waals surface area contributed by atoms with Gasteiger partial charge in [0.15, 0.2) is 0 Å². The van der Waals surface area contributed by atoms with Gasteiger partial charge in [-0.25, -0.2) is 9.18 Å². The fraction of sp³-hybridized carbons (Fsp3) is 0.200. The molecule has 1 aromatic carbocycles. The fourth-order valence-corrected chi connectivity index (χ4v) is 2.95. The third-order valence-corrected chi connectivity index (χ3v) is 3.84. The van der Waals surface area contributed by atoms with Gasteiger partial charge in [0.05, 0.1) is 16.9 Å². The number of fused-ring (bicyclic) bond motifs is 5. The van der Waals surface area contributed by atoms with Crippen LogP contribution in [-0.2, 0) is 13.1 Å². The molecule has 3 heterocycles. The Morgan fingerprint density at radius 1 is 1.15 bits per heavy atom. The average molecular weight is 269 g/mol. The molecule has 3 aromatic rings. The van der Waals surface area contributed by atoms with Crippen molar-refractivity contribution in [2.45, 2.75) is 20.0 Å². The highest BCUT2D eigenvalue weighted by atomic mass is 19.1. The minimum absolute atomic E-state index is 0.232. The lowest BCUT2D eigenvalue weighted by Crippen LogP contribution is -2.30. The highest BCUT2D eigenvalue weighted by Gasteiger charge is 2.21. The standard InChI is InChI=1S/C15H12FN3O/c1-9-7-13-14-8-10-11(16)3-2-4-12(10)18(14)5-6-19(13)15(20)17-9/h2-4,7-8H,5-6H2,1H3. The summed E-state index contributed by atoms with van der Waals surface area (Å²) in [6.45, 7) is 3.01. The first kappa shape index (κ1) is 11.4. The quantitative estimate of drug-likeness (QED) is 0.628. The molecule has 0 amide bonds. The Kier molecular flexibility index (Phi) is 2.16. The summed E-state index contributed by atoms with van der Waals surface area (Å²) in [6, 6.07) is 8.77.